The van der Waals surface area contributed by atoms with Crippen LogP contribution in [0.15, 0.2) is 18.2 Å². The van der Waals surface area contributed by atoms with E-state index in [-0.39, 0.29) is 18.6 Å². The second-order valence-corrected chi connectivity index (χ2v) is 5.51. The van der Waals surface area contributed by atoms with Crippen LogP contribution in [0, 0.1) is 19.8 Å². The molecule has 0 unspecified atom stereocenters. The fourth-order valence-corrected chi connectivity index (χ4v) is 2.40. The molecule has 2 rings (SSSR count). The molecule has 0 atom stereocenters. The van der Waals surface area contributed by atoms with E-state index in [9.17, 15) is 9.59 Å². The van der Waals surface area contributed by atoms with E-state index >= 15 is 0 Å². The topological polar surface area (TPSA) is 79.5 Å². The zero-order chi connectivity index (χ0) is 15.9. The third kappa shape index (κ3) is 4.46. The molecule has 0 spiro atoms. The predicted octanol–water partition coefficient (Wildman–Crippen LogP) is 1.47. The van der Waals surface area contributed by atoms with E-state index in [0.717, 1.165) is 42.8 Å². The van der Waals surface area contributed by atoms with Crippen LogP contribution in [0.4, 0.5) is 4.79 Å². The van der Waals surface area contributed by atoms with E-state index in [1.54, 1.807) is 0 Å². The maximum absolute atomic E-state index is 11.9. The summed E-state index contributed by atoms with van der Waals surface area (Å²) >= 11 is 0. The normalized spacial score (nSPS) is 15.2. The van der Waals surface area contributed by atoms with Crippen molar-refractivity contribution in [3.8, 4) is 5.75 Å². The Morgan fingerprint density at radius 2 is 2.00 bits per heavy atom. The minimum absolute atomic E-state index is 0.0234. The monoisotopic (exact) mass is 305 g/mol. The standard InChI is InChI=1S/C16H23N3O3/c1-11-4-3-5-14(12(11)2)22-10-18-16(21)19-15(20)13-6-8-17-9-7-13/h3-5,13,17H,6-10H2,1-2H3,(H2,18,19,20,21). The van der Waals surface area contributed by atoms with Gasteiger partial charge < -0.3 is 15.4 Å². The molecule has 6 nitrogen and oxygen atoms in total. The Morgan fingerprint density at radius 1 is 1.27 bits per heavy atom. The van der Waals surface area contributed by atoms with Gasteiger partial charge in [-0.2, -0.15) is 0 Å². The summed E-state index contributed by atoms with van der Waals surface area (Å²) in [6.07, 6.45) is 1.52. The first-order chi connectivity index (χ1) is 10.6. The van der Waals surface area contributed by atoms with Crippen LogP contribution in [0.3, 0.4) is 0 Å². The van der Waals surface area contributed by atoms with Crippen molar-refractivity contribution in [3.05, 3.63) is 29.3 Å². The summed E-state index contributed by atoms with van der Waals surface area (Å²) in [6.45, 7) is 5.62. The van der Waals surface area contributed by atoms with Gasteiger partial charge in [0.2, 0.25) is 5.91 Å². The van der Waals surface area contributed by atoms with Crippen LogP contribution in [0.2, 0.25) is 0 Å². The van der Waals surface area contributed by atoms with E-state index in [1.165, 1.54) is 0 Å². The summed E-state index contributed by atoms with van der Waals surface area (Å²) < 4.78 is 5.52. The van der Waals surface area contributed by atoms with Crippen LogP contribution in [0.1, 0.15) is 24.0 Å². The van der Waals surface area contributed by atoms with Crippen molar-refractivity contribution in [3.63, 3.8) is 0 Å². The summed E-state index contributed by atoms with van der Waals surface area (Å²) in [7, 11) is 0. The van der Waals surface area contributed by atoms with Crippen molar-refractivity contribution in [2.24, 2.45) is 5.92 Å². The number of rotatable bonds is 4. The van der Waals surface area contributed by atoms with Gasteiger partial charge in [-0.15, -0.1) is 0 Å². The van der Waals surface area contributed by atoms with Gasteiger partial charge in [0.1, 0.15) is 5.75 Å². The predicted molar refractivity (Wildman–Crippen MR) is 83.7 cm³/mol. The fraction of sp³-hybridized carbons (Fsp3) is 0.500. The molecule has 6 heteroatoms. The molecule has 1 fully saturated rings. The van der Waals surface area contributed by atoms with Crippen LogP contribution in [0.25, 0.3) is 0 Å². The van der Waals surface area contributed by atoms with Gasteiger partial charge in [0.25, 0.3) is 0 Å². The highest BCUT2D eigenvalue weighted by atomic mass is 16.5. The van der Waals surface area contributed by atoms with Crippen molar-refractivity contribution in [2.75, 3.05) is 19.8 Å². The lowest BCUT2D eigenvalue weighted by atomic mass is 9.97. The van der Waals surface area contributed by atoms with E-state index in [1.807, 2.05) is 32.0 Å². The molecule has 0 aromatic heterocycles. The minimum atomic E-state index is -0.520. The molecule has 3 N–H and O–H groups in total. The van der Waals surface area contributed by atoms with Gasteiger partial charge in [-0.1, -0.05) is 12.1 Å². The first kappa shape index (κ1) is 16.3. The molecule has 1 aromatic rings. The van der Waals surface area contributed by atoms with Crippen molar-refractivity contribution in [1.82, 2.24) is 16.0 Å². The molecule has 0 saturated carbocycles. The number of hydrogen-bond acceptors (Lipinski definition) is 4. The molecule has 0 radical (unpaired) electrons. The average molecular weight is 305 g/mol. The number of hydrogen-bond donors (Lipinski definition) is 3. The quantitative estimate of drug-likeness (QED) is 0.736. The molecule has 1 aromatic carbocycles. The number of imide groups is 1. The summed E-state index contributed by atoms with van der Waals surface area (Å²) in [5.41, 5.74) is 2.17. The molecule has 1 heterocycles. The van der Waals surface area contributed by atoms with Gasteiger partial charge in [0.15, 0.2) is 6.73 Å². The number of aryl methyl sites for hydroxylation is 1. The molecule has 3 amide bonds. The van der Waals surface area contributed by atoms with Crippen LogP contribution >= 0.6 is 0 Å². The van der Waals surface area contributed by atoms with Crippen molar-refractivity contribution >= 4 is 11.9 Å². The van der Waals surface area contributed by atoms with Crippen LogP contribution in [0.5, 0.6) is 5.75 Å². The van der Waals surface area contributed by atoms with E-state index in [2.05, 4.69) is 16.0 Å². The number of ether oxygens (including phenoxy) is 1. The minimum Gasteiger partial charge on any atom is -0.473 e. The Morgan fingerprint density at radius 3 is 2.73 bits per heavy atom. The third-order valence-electron chi connectivity index (χ3n) is 3.96. The highest BCUT2D eigenvalue weighted by Gasteiger charge is 2.22. The van der Waals surface area contributed by atoms with E-state index < -0.39 is 6.03 Å². The highest BCUT2D eigenvalue weighted by Crippen LogP contribution is 2.20. The number of piperidine rings is 1. The average Bonchev–Trinajstić information content (AvgIpc) is 2.52. The molecule has 22 heavy (non-hydrogen) atoms. The van der Waals surface area contributed by atoms with Gasteiger partial charge in [-0.05, 0) is 57.0 Å². The third-order valence-corrected chi connectivity index (χ3v) is 3.96. The molecule has 0 bridgehead atoms. The van der Waals surface area contributed by atoms with Gasteiger partial charge in [-0.3, -0.25) is 10.1 Å². The smallest absolute Gasteiger partial charge is 0.324 e. The zero-order valence-corrected chi connectivity index (χ0v) is 13.1. The first-order valence-corrected chi connectivity index (χ1v) is 7.56. The number of urea groups is 1. The molecular weight excluding hydrogens is 282 g/mol. The summed E-state index contributed by atoms with van der Waals surface area (Å²) in [4.78, 5) is 23.6. The number of amides is 3. The molecule has 1 aliphatic heterocycles. The maximum atomic E-state index is 11.9. The Balaban J connectivity index is 1.73. The summed E-state index contributed by atoms with van der Waals surface area (Å²) in [5.74, 6) is 0.419. The van der Waals surface area contributed by atoms with Crippen LogP contribution in [-0.4, -0.2) is 31.8 Å². The Labute approximate surface area is 130 Å². The second kappa shape index (κ2) is 7.79. The van der Waals surface area contributed by atoms with Gasteiger partial charge in [-0.25, -0.2) is 4.79 Å². The van der Waals surface area contributed by atoms with Crippen molar-refractivity contribution < 1.29 is 14.3 Å². The zero-order valence-electron chi connectivity index (χ0n) is 13.1. The van der Waals surface area contributed by atoms with Gasteiger partial charge in [0.05, 0.1) is 0 Å². The lowest BCUT2D eigenvalue weighted by molar-refractivity contribution is -0.124. The highest BCUT2D eigenvalue weighted by molar-refractivity contribution is 5.95. The number of carbonyl (C=O) groups excluding carboxylic acids is 2. The first-order valence-electron chi connectivity index (χ1n) is 7.56. The van der Waals surface area contributed by atoms with Crippen molar-refractivity contribution in [1.29, 1.82) is 0 Å². The van der Waals surface area contributed by atoms with Gasteiger partial charge in [0, 0.05) is 5.92 Å². The van der Waals surface area contributed by atoms with Crippen molar-refractivity contribution in [2.45, 2.75) is 26.7 Å². The number of nitrogens with one attached hydrogen (secondary N) is 3. The second-order valence-electron chi connectivity index (χ2n) is 5.51. The lowest BCUT2D eigenvalue weighted by Gasteiger charge is -2.21. The van der Waals surface area contributed by atoms with Crippen LogP contribution < -0.4 is 20.7 Å². The lowest BCUT2D eigenvalue weighted by Crippen LogP contribution is -2.45. The number of carbonyl (C=O) groups is 2. The largest absolute Gasteiger partial charge is 0.473 e. The van der Waals surface area contributed by atoms with Crippen LogP contribution in [-0.2, 0) is 4.79 Å². The molecular formula is C16H23N3O3. The summed E-state index contributed by atoms with van der Waals surface area (Å²) in [6, 6.07) is 5.23. The Hall–Kier alpha value is -2.08. The maximum Gasteiger partial charge on any atom is 0.324 e. The van der Waals surface area contributed by atoms with E-state index in [0.29, 0.717) is 0 Å². The fourth-order valence-electron chi connectivity index (χ4n) is 2.40. The summed E-state index contributed by atoms with van der Waals surface area (Å²) in [5, 5.41) is 8.09. The molecule has 1 saturated heterocycles. The SMILES string of the molecule is Cc1cccc(OCNC(=O)NC(=O)C2CCNCC2)c1C. The molecule has 120 valence electrons. The molecule has 1 aliphatic rings. The number of benzene rings is 1. The van der Waals surface area contributed by atoms with Gasteiger partial charge >= 0.3 is 6.03 Å². The Kier molecular flexibility index (Phi) is 5.77. The molecule has 0 aliphatic carbocycles. The van der Waals surface area contributed by atoms with E-state index in [4.69, 9.17) is 4.74 Å². The Bertz CT molecular complexity index is 539.